The maximum Gasteiger partial charge on any atom is 0.241 e. The molecule has 2 aromatic heterocycles. The van der Waals surface area contributed by atoms with Crippen molar-refractivity contribution in [2.75, 3.05) is 11.1 Å². The van der Waals surface area contributed by atoms with E-state index in [4.69, 9.17) is 5.73 Å². The molecule has 1 atom stereocenters. The first-order chi connectivity index (χ1) is 9.63. The normalized spacial score (nSPS) is 12.6. The zero-order valence-electron chi connectivity index (χ0n) is 12.1. The predicted molar refractivity (Wildman–Crippen MR) is 78.5 cm³/mol. The van der Waals surface area contributed by atoms with Gasteiger partial charge < -0.3 is 11.1 Å². The van der Waals surface area contributed by atoms with Gasteiger partial charge in [-0.05, 0) is 12.8 Å². The molecule has 7 heteroatoms. The van der Waals surface area contributed by atoms with E-state index in [1.165, 1.54) is 0 Å². The van der Waals surface area contributed by atoms with Crippen molar-refractivity contribution in [3.63, 3.8) is 0 Å². The van der Waals surface area contributed by atoms with E-state index in [1.807, 2.05) is 0 Å². The molecule has 0 aliphatic carbocycles. The van der Waals surface area contributed by atoms with E-state index in [1.54, 1.807) is 23.3 Å². The first-order valence-electron chi connectivity index (χ1n) is 6.90. The van der Waals surface area contributed by atoms with Crippen molar-refractivity contribution in [2.45, 2.75) is 39.7 Å². The monoisotopic (exact) mass is 275 g/mol. The Kier molecular flexibility index (Phi) is 4.49. The second-order valence-corrected chi connectivity index (χ2v) is 4.80. The van der Waals surface area contributed by atoms with Gasteiger partial charge in [0.15, 0.2) is 0 Å². The molecule has 0 saturated carbocycles. The van der Waals surface area contributed by atoms with Crippen LogP contribution in [0.25, 0.3) is 5.95 Å². The van der Waals surface area contributed by atoms with Crippen LogP contribution >= 0.6 is 0 Å². The van der Waals surface area contributed by atoms with E-state index in [2.05, 4.69) is 46.0 Å². The minimum Gasteiger partial charge on any atom is -0.368 e. The van der Waals surface area contributed by atoms with Gasteiger partial charge >= 0.3 is 0 Å². The Balaban J connectivity index is 2.20. The van der Waals surface area contributed by atoms with Crippen molar-refractivity contribution in [2.24, 2.45) is 5.92 Å². The summed E-state index contributed by atoms with van der Waals surface area (Å²) >= 11 is 0. The zero-order chi connectivity index (χ0) is 14.5. The Hall–Kier alpha value is -2.18. The number of nitrogens with one attached hydrogen (secondary N) is 1. The molecule has 0 fully saturated rings. The first kappa shape index (κ1) is 14.2. The van der Waals surface area contributed by atoms with Gasteiger partial charge in [0.05, 0.1) is 0 Å². The lowest BCUT2D eigenvalue weighted by Gasteiger charge is -2.22. The number of hydrogen-bond donors (Lipinski definition) is 2. The van der Waals surface area contributed by atoms with Crippen LogP contribution < -0.4 is 11.1 Å². The Bertz CT molecular complexity index is 534. The lowest BCUT2D eigenvalue weighted by Crippen LogP contribution is -2.26. The molecule has 2 rings (SSSR count). The molecule has 0 radical (unpaired) electrons. The van der Waals surface area contributed by atoms with Crippen LogP contribution in [0.1, 0.15) is 33.6 Å². The molecular weight excluding hydrogens is 254 g/mol. The molecular formula is C13H21N7. The Morgan fingerprint density at radius 3 is 2.60 bits per heavy atom. The van der Waals surface area contributed by atoms with Gasteiger partial charge in [-0.1, -0.05) is 26.7 Å². The molecule has 108 valence electrons. The van der Waals surface area contributed by atoms with Crippen molar-refractivity contribution >= 4 is 11.9 Å². The fourth-order valence-electron chi connectivity index (χ4n) is 2.26. The topological polar surface area (TPSA) is 94.5 Å². The number of rotatable bonds is 6. The highest BCUT2D eigenvalue weighted by molar-refractivity contribution is 5.35. The molecule has 3 N–H and O–H groups in total. The van der Waals surface area contributed by atoms with Gasteiger partial charge in [-0.25, -0.2) is 4.98 Å². The van der Waals surface area contributed by atoms with Crippen LogP contribution in [0, 0.1) is 5.92 Å². The van der Waals surface area contributed by atoms with E-state index < -0.39 is 0 Å². The summed E-state index contributed by atoms with van der Waals surface area (Å²) in [7, 11) is 0. The van der Waals surface area contributed by atoms with Crippen molar-refractivity contribution in [1.82, 2.24) is 24.5 Å². The van der Waals surface area contributed by atoms with Gasteiger partial charge in [0.1, 0.15) is 6.33 Å². The average Bonchev–Trinajstić information content (AvgIpc) is 2.93. The molecule has 0 spiro atoms. The third-order valence-corrected chi connectivity index (χ3v) is 3.49. The van der Waals surface area contributed by atoms with E-state index in [-0.39, 0.29) is 12.0 Å². The van der Waals surface area contributed by atoms with Crippen LogP contribution in [0.4, 0.5) is 11.9 Å². The highest BCUT2D eigenvalue weighted by Crippen LogP contribution is 2.16. The highest BCUT2D eigenvalue weighted by Gasteiger charge is 2.15. The van der Waals surface area contributed by atoms with Gasteiger partial charge in [-0.15, -0.1) is 0 Å². The van der Waals surface area contributed by atoms with Crippen LogP contribution in [0.15, 0.2) is 18.7 Å². The van der Waals surface area contributed by atoms with Gasteiger partial charge in [0, 0.05) is 18.4 Å². The maximum absolute atomic E-state index is 5.75. The summed E-state index contributed by atoms with van der Waals surface area (Å²) in [5, 5.41) is 3.31. The van der Waals surface area contributed by atoms with Crippen LogP contribution in [0.2, 0.25) is 0 Å². The predicted octanol–water partition coefficient (Wildman–Crippen LogP) is 1.88. The molecule has 0 amide bonds. The average molecular weight is 275 g/mol. The van der Waals surface area contributed by atoms with Crippen LogP contribution in [0.5, 0.6) is 0 Å². The third kappa shape index (κ3) is 3.23. The number of hydrogen-bond acceptors (Lipinski definition) is 6. The van der Waals surface area contributed by atoms with E-state index in [0.717, 1.165) is 12.8 Å². The summed E-state index contributed by atoms with van der Waals surface area (Å²) < 4.78 is 1.70. The van der Waals surface area contributed by atoms with Crippen molar-refractivity contribution < 1.29 is 0 Å². The minimum atomic E-state index is 0.197. The smallest absolute Gasteiger partial charge is 0.241 e. The molecule has 0 aliphatic heterocycles. The second-order valence-electron chi connectivity index (χ2n) is 4.80. The van der Waals surface area contributed by atoms with Crippen LogP contribution in [-0.2, 0) is 0 Å². The molecule has 0 saturated heterocycles. The summed E-state index contributed by atoms with van der Waals surface area (Å²) in [4.78, 5) is 16.6. The molecule has 0 bridgehead atoms. The largest absolute Gasteiger partial charge is 0.368 e. The lowest BCUT2D eigenvalue weighted by atomic mass is 9.96. The Morgan fingerprint density at radius 2 is 2.00 bits per heavy atom. The standard InChI is InChI=1S/C13H21N7/c1-4-10(5-2)9(3)16-12-17-11(14)18-13(19-12)20-7-6-15-8-20/h6-10H,4-5H2,1-3H3,(H3,14,16,17,18,19). The van der Waals surface area contributed by atoms with Gasteiger partial charge in [-0.3, -0.25) is 4.57 Å². The van der Waals surface area contributed by atoms with Crippen molar-refractivity contribution in [3.05, 3.63) is 18.7 Å². The number of imidazole rings is 1. The first-order valence-corrected chi connectivity index (χ1v) is 6.90. The van der Waals surface area contributed by atoms with Gasteiger partial charge in [0.25, 0.3) is 0 Å². The number of aromatic nitrogens is 5. The number of nitrogen functional groups attached to an aromatic ring is 1. The van der Waals surface area contributed by atoms with Gasteiger partial charge in [0.2, 0.25) is 17.8 Å². The molecule has 20 heavy (non-hydrogen) atoms. The van der Waals surface area contributed by atoms with E-state index >= 15 is 0 Å². The molecule has 0 aliphatic rings. The van der Waals surface area contributed by atoms with Crippen molar-refractivity contribution in [3.8, 4) is 5.95 Å². The second kappa shape index (κ2) is 6.31. The Morgan fingerprint density at radius 1 is 1.25 bits per heavy atom. The lowest BCUT2D eigenvalue weighted by molar-refractivity contribution is 0.436. The summed E-state index contributed by atoms with van der Waals surface area (Å²) in [6.07, 6.45) is 7.28. The summed E-state index contributed by atoms with van der Waals surface area (Å²) in [6, 6.07) is 0.280. The number of anilines is 2. The highest BCUT2D eigenvalue weighted by atomic mass is 15.3. The van der Waals surface area contributed by atoms with Crippen LogP contribution in [0.3, 0.4) is 0 Å². The zero-order valence-corrected chi connectivity index (χ0v) is 12.1. The van der Waals surface area contributed by atoms with Crippen LogP contribution in [-0.4, -0.2) is 30.5 Å². The quantitative estimate of drug-likeness (QED) is 0.835. The summed E-state index contributed by atoms with van der Waals surface area (Å²) in [5.41, 5.74) is 5.75. The van der Waals surface area contributed by atoms with E-state index in [0.29, 0.717) is 17.8 Å². The molecule has 7 nitrogen and oxygen atoms in total. The minimum absolute atomic E-state index is 0.197. The third-order valence-electron chi connectivity index (χ3n) is 3.49. The van der Waals surface area contributed by atoms with Gasteiger partial charge in [-0.2, -0.15) is 15.0 Å². The summed E-state index contributed by atoms with van der Waals surface area (Å²) in [5.74, 6) is 1.74. The van der Waals surface area contributed by atoms with E-state index in [9.17, 15) is 0 Å². The summed E-state index contributed by atoms with van der Waals surface area (Å²) in [6.45, 7) is 6.50. The van der Waals surface area contributed by atoms with Crippen molar-refractivity contribution in [1.29, 1.82) is 0 Å². The number of nitrogens with two attached hydrogens (primary N) is 1. The Labute approximate surface area is 118 Å². The fourth-order valence-corrected chi connectivity index (χ4v) is 2.26. The fraction of sp³-hybridized carbons (Fsp3) is 0.538. The maximum atomic E-state index is 5.75. The molecule has 1 unspecified atom stereocenters. The molecule has 2 aromatic rings. The number of nitrogens with zero attached hydrogens (tertiary/aromatic N) is 5. The SMILES string of the molecule is CCC(CC)C(C)Nc1nc(N)nc(-n2ccnc2)n1. The molecule has 0 aromatic carbocycles. The molecule has 2 heterocycles.